The Kier molecular flexibility index (Phi) is 3.94. The molecule has 1 aliphatic heterocycles. The molecule has 0 saturated carbocycles. The van der Waals surface area contributed by atoms with Gasteiger partial charge in [0.2, 0.25) is 0 Å². The summed E-state index contributed by atoms with van der Waals surface area (Å²) in [4.78, 5) is 13.9. The number of aromatic nitrogens is 3. The fraction of sp³-hybridized carbons (Fsp3) is 0.571. The molecule has 2 aromatic rings. The van der Waals surface area contributed by atoms with E-state index in [0.29, 0.717) is 6.04 Å². The maximum absolute atomic E-state index is 4.63. The lowest BCUT2D eigenvalue weighted by atomic mass is 10.2. The van der Waals surface area contributed by atoms with Crippen molar-refractivity contribution < 1.29 is 0 Å². The van der Waals surface area contributed by atoms with Gasteiger partial charge in [0.15, 0.2) is 11.5 Å². The Bertz CT molecular complexity index is 588. The molecule has 0 N–H and O–H groups in total. The third-order valence-electron chi connectivity index (χ3n) is 4.15. The second kappa shape index (κ2) is 5.69. The molecular formula is C14H20BrN5. The van der Waals surface area contributed by atoms with Gasteiger partial charge in [-0.3, -0.25) is 4.90 Å². The summed E-state index contributed by atoms with van der Waals surface area (Å²) in [5, 5.41) is 0. The lowest BCUT2D eigenvalue weighted by Crippen LogP contribution is -2.49. The highest BCUT2D eigenvalue weighted by Gasteiger charge is 2.23. The summed E-state index contributed by atoms with van der Waals surface area (Å²) in [7, 11) is 0. The highest BCUT2D eigenvalue weighted by atomic mass is 79.9. The SMILES string of the molecule is CCC(C)N1CCN(c2nc(Br)cn3ccnc23)CC1. The predicted octanol–water partition coefficient (Wildman–Crippen LogP) is 2.41. The molecule has 1 saturated heterocycles. The molecule has 5 nitrogen and oxygen atoms in total. The van der Waals surface area contributed by atoms with Crippen molar-refractivity contribution >= 4 is 27.4 Å². The van der Waals surface area contributed by atoms with E-state index in [0.717, 1.165) is 42.2 Å². The van der Waals surface area contributed by atoms with E-state index in [9.17, 15) is 0 Å². The molecule has 6 heteroatoms. The molecule has 1 unspecified atom stereocenters. The standard InChI is InChI=1S/C14H20BrN5/c1-3-11(2)18-6-8-19(9-7-18)14-13-16-4-5-20(13)10-12(15)17-14/h4-5,10-11H,3,6-9H2,1-2H3. The van der Waals surface area contributed by atoms with Crippen LogP contribution in [0.3, 0.4) is 0 Å². The van der Waals surface area contributed by atoms with Crippen molar-refractivity contribution in [3.05, 3.63) is 23.2 Å². The van der Waals surface area contributed by atoms with Crippen LogP contribution in [0.2, 0.25) is 0 Å². The molecule has 0 radical (unpaired) electrons. The van der Waals surface area contributed by atoms with Crippen molar-refractivity contribution in [1.82, 2.24) is 19.3 Å². The monoisotopic (exact) mass is 337 g/mol. The molecule has 3 rings (SSSR count). The molecule has 0 aromatic carbocycles. The fourth-order valence-electron chi connectivity index (χ4n) is 2.73. The summed E-state index contributed by atoms with van der Waals surface area (Å²) >= 11 is 3.48. The van der Waals surface area contributed by atoms with Gasteiger partial charge in [-0.2, -0.15) is 0 Å². The predicted molar refractivity (Wildman–Crippen MR) is 84.2 cm³/mol. The van der Waals surface area contributed by atoms with Crippen molar-refractivity contribution in [2.75, 3.05) is 31.1 Å². The lowest BCUT2D eigenvalue weighted by molar-refractivity contribution is 0.192. The second-order valence-corrected chi connectivity index (χ2v) is 6.14. The molecular weight excluding hydrogens is 318 g/mol. The Morgan fingerprint density at radius 1 is 1.30 bits per heavy atom. The molecule has 108 valence electrons. The number of rotatable bonds is 3. The minimum atomic E-state index is 0.666. The molecule has 1 atom stereocenters. The first-order valence-electron chi connectivity index (χ1n) is 7.17. The molecule has 1 aliphatic rings. The summed E-state index contributed by atoms with van der Waals surface area (Å²) in [5.74, 6) is 0.980. The van der Waals surface area contributed by atoms with Crippen LogP contribution in [0.5, 0.6) is 0 Å². The number of piperazine rings is 1. The van der Waals surface area contributed by atoms with Gasteiger partial charge < -0.3 is 9.30 Å². The third kappa shape index (κ3) is 2.54. The molecule has 3 heterocycles. The van der Waals surface area contributed by atoms with Gasteiger partial charge in [0.1, 0.15) is 4.60 Å². The van der Waals surface area contributed by atoms with Crippen molar-refractivity contribution in [2.45, 2.75) is 26.3 Å². The smallest absolute Gasteiger partial charge is 0.180 e. The zero-order valence-electron chi connectivity index (χ0n) is 12.0. The minimum absolute atomic E-state index is 0.666. The van der Waals surface area contributed by atoms with Crippen molar-refractivity contribution in [2.24, 2.45) is 0 Å². The van der Waals surface area contributed by atoms with Crippen molar-refractivity contribution in [3.8, 4) is 0 Å². The van der Waals surface area contributed by atoms with Crippen LogP contribution in [-0.2, 0) is 0 Å². The van der Waals surface area contributed by atoms with E-state index in [1.54, 1.807) is 0 Å². The van der Waals surface area contributed by atoms with Gasteiger partial charge in [0.25, 0.3) is 0 Å². The van der Waals surface area contributed by atoms with E-state index in [1.807, 2.05) is 23.0 Å². The first-order valence-corrected chi connectivity index (χ1v) is 7.96. The Morgan fingerprint density at radius 2 is 2.05 bits per heavy atom. The van der Waals surface area contributed by atoms with Gasteiger partial charge >= 0.3 is 0 Å². The number of fused-ring (bicyclic) bond motifs is 1. The van der Waals surface area contributed by atoms with E-state index in [-0.39, 0.29) is 0 Å². The summed E-state index contributed by atoms with van der Waals surface area (Å²) < 4.78 is 2.87. The van der Waals surface area contributed by atoms with Crippen LogP contribution < -0.4 is 4.90 Å². The second-order valence-electron chi connectivity index (χ2n) is 5.33. The number of hydrogen-bond donors (Lipinski definition) is 0. The summed E-state index contributed by atoms with van der Waals surface area (Å²) in [5.41, 5.74) is 0.935. The molecule has 0 aliphatic carbocycles. The zero-order valence-corrected chi connectivity index (χ0v) is 13.5. The minimum Gasteiger partial charge on any atom is -0.351 e. The maximum Gasteiger partial charge on any atom is 0.180 e. The highest BCUT2D eigenvalue weighted by molar-refractivity contribution is 9.10. The van der Waals surface area contributed by atoms with Gasteiger partial charge in [-0.15, -0.1) is 0 Å². The van der Waals surface area contributed by atoms with Crippen LogP contribution in [0.25, 0.3) is 5.65 Å². The van der Waals surface area contributed by atoms with E-state index in [1.165, 1.54) is 6.42 Å². The van der Waals surface area contributed by atoms with Gasteiger partial charge in [0.05, 0.1) is 0 Å². The van der Waals surface area contributed by atoms with Crippen LogP contribution in [0.1, 0.15) is 20.3 Å². The molecule has 0 spiro atoms. The van der Waals surface area contributed by atoms with E-state index >= 15 is 0 Å². The lowest BCUT2D eigenvalue weighted by Gasteiger charge is -2.38. The van der Waals surface area contributed by atoms with Gasteiger partial charge in [-0.25, -0.2) is 9.97 Å². The number of anilines is 1. The van der Waals surface area contributed by atoms with Crippen LogP contribution in [0.15, 0.2) is 23.2 Å². The summed E-state index contributed by atoms with van der Waals surface area (Å²) in [6.45, 7) is 8.76. The summed E-state index contributed by atoms with van der Waals surface area (Å²) in [6.07, 6.45) is 6.93. The van der Waals surface area contributed by atoms with Crippen molar-refractivity contribution in [1.29, 1.82) is 0 Å². The number of halogens is 1. The number of nitrogens with zero attached hydrogens (tertiary/aromatic N) is 5. The third-order valence-corrected chi connectivity index (χ3v) is 4.54. The van der Waals surface area contributed by atoms with Crippen LogP contribution in [-0.4, -0.2) is 51.5 Å². The molecule has 20 heavy (non-hydrogen) atoms. The van der Waals surface area contributed by atoms with Gasteiger partial charge in [0, 0.05) is 50.8 Å². The Morgan fingerprint density at radius 3 is 2.75 bits per heavy atom. The molecule has 1 fully saturated rings. The summed E-state index contributed by atoms with van der Waals surface area (Å²) in [6, 6.07) is 0.666. The van der Waals surface area contributed by atoms with Gasteiger partial charge in [-0.1, -0.05) is 6.92 Å². The Labute approximate surface area is 127 Å². The largest absolute Gasteiger partial charge is 0.351 e. The first-order chi connectivity index (χ1) is 9.69. The van der Waals surface area contributed by atoms with E-state index in [2.05, 4.69) is 49.5 Å². The molecule has 0 amide bonds. The van der Waals surface area contributed by atoms with E-state index < -0.39 is 0 Å². The maximum atomic E-state index is 4.63. The van der Waals surface area contributed by atoms with Gasteiger partial charge in [-0.05, 0) is 29.3 Å². The van der Waals surface area contributed by atoms with Crippen LogP contribution in [0.4, 0.5) is 5.82 Å². The fourth-order valence-corrected chi connectivity index (χ4v) is 3.12. The zero-order chi connectivity index (χ0) is 14.1. The normalized spacial score (nSPS) is 18.6. The molecule has 0 bridgehead atoms. The van der Waals surface area contributed by atoms with Crippen LogP contribution >= 0.6 is 15.9 Å². The molecule has 2 aromatic heterocycles. The average Bonchev–Trinajstić information content (AvgIpc) is 2.94. The van der Waals surface area contributed by atoms with E-state index in [4.69, 9.17) is 0 Å². The Hall–Kier alpha value is -1.14. The Balaban J connectivity index is 1.81. The number of imidazole rings is 1. The van der Waals surface area contributed by atoms with Crippen molar-refractivity contribution in [3.63, 3.8) is 0 Å². The topological polar surface area (TPSA) is 36.7 Å². The van der Waals surface area contributed by atoms with Crippen LogP contribution in [0, 0.1) is 0 Å². The highest BCUT2D eigenvalue weighted by Crippen LogP contribution is 2.22. The average molecular weight is 338 g/mol. The first kappa shape index (κ1) is 13.8. The quantitative estimate of drug-likeness (QED) is 0.861. The number of hydrogen-bond acceptors (Lipinski definition) is 4.